The molecule has 0 spiro atoms. The van der Waals surface area contributed by atoms with E-state index < -0.39 is 0 Å². The van der Waals surface area contributed by atoms with Crippen LogP contribution in [-0.2, 0) is 4.74 Å². The van der Waals surface area contributed by atoms with Crippen LogP contribution in [0.4, 0.5) is 0 Å². The van der Waals surface area contributed by atoms with Crippen molar-refractivity contribution in [1.82, 2.24) is 0 Å². The Morgan fingerprint density at radius 2 is 2.06 bits per heavy atom. The molecule has 1 aliphatic heterocycles. The van der Waals surface area contributed by atoms with E-state index in [-0.39, 0.29) is 0 Å². The van der Waals surface area contributed by atoms with Gasteiger partial charge in [-0.25, -0.2) is 0 Å². The second-order valence-corrected chi connectivity index (χ2v) is 5.66. The molecule has 2 heteroatoms. The summed E-state index contributed by atoms with van der Waals surface area (Å²) in [6, 6.07) is 0. The van der Waals surface area contributed by atoms with Crippen molar-refractivity contribution in [3.05, 3.63) is 24.3 Å². The Balaban J connectivity index is 2.33. The third-order valence-corrected chi connectivity index (χ3v) is 3.83. The van der Waals surface area contributed by atoms with Gasteiger partial charge >= 0.3 is 0 Å². The summed E-state index contributed by atoms with van der Waals surface area (Å²) >= 11 is 0. The zero-order chi connectivity index (χ0) is 12.7. The topological polar surface area (TPSA) is 9.23 Å². The van der Waals surface area contributed by atoms with Gasteiger partial charge in [0.2, 0.25) is 0 Å². The largest absolute Gasteiger partial charge is 0.370 e. The fourth-order valence-corrected chi connectivity index (χ4v) is 2.02. The van der Waals surface area contributed by atoms with Gasteiger partial charge in [-0.2, -0.15) is 0 Å². The van der Waals surface area contributed by atoms with Crippen LogP contribution in [0, 0.1) is 5.92 Å². The molecule has 1 atom stereocenters. The lowest BCUT2D eigenvalue weighted by molar-refractivity contribution is -0.911. The Labute approximate surface area is 107 Å². The molecular formula is C15H28NO+. The molecule has 1 unspecified atom stereocenters. The van der Waals surface area contributed by atoms with Gasteiger partial charge in [0, 0.05) is 0 Å². The molecule has 98 valence electrons. The second-order valence-electron chi connectivity index (χ2n) is 5.66. The zero-order valence-corrected chi connectivity index (χ0v) is 11.7. The fraction of sp³-hybridized carbons (Fsp3) is 0.733. The highest BCUT2D eigenvalue weighted by atomic mass is 16.5. The quantitative estimate of drug-likeness (QED) is 0.510. The van der Waals surface area contributed by atoms with Gasteiger partial charge in [-0.15, -0.1) is 6.58 Å². The van der Waals surface area contributed by atoms with E-state index in [0.29, 0.717) is 5.92 Å². The smallest absolute Gasteiger partial charge is 0.102 e. The summed E-state index contributed by atoms with van der Waals surface area (Å²) < 4.78 is 6.55. The SMILES string of the molecule is C=CC(C)CC/C(C)=C/C[N+]1(C)CCOCC1. The van der Waals surface area contributed by atoms with Crippen LogP contribution in [0.5, 0.6) is 0 Å². The highest BCUT2D eigenvalue weighted by Gasteiger charge is 2.23. The zero-order valence-electron chi connectivity index (χ0n) is 11.7. The summed E-state index contributed by atoms with van der Waals surface area (Å²) in [5.74, 6) is 0.631. The number of hydrogen-bond donors (Lipinski definition) is 0. The Hall–Kier alpha value is -0.600. The third-order valence-electron chi connectivity index (χ3n) is 3.83. The maximum absolute atomic E-state index is 5.42. The highest BCUT2D eigenvalue weighted by molar-refractivity contribution is 4.99. The van der Waals surface area contributed by atoms with Crippen molar-refractivity contribution in [3.63, 3.8) is 0 Å². The predicted octanol–water partition coefficient (Wildman–Crippen LogP) is 3.01. The van der Waals surface area contributed by atoms with Crippen molar-refractivity contribution in [2.45, 2.75) is 26.7 Å². The summed E-state index contributed by atoms with van der Waals surface area (Å²) in [5, 5.41) is 0. The number of rotatable bonds is 6. The van der Waals surface area contributed by atoms with Gasteiger partial charge in [-0.1, -0.05) is 18.6 Å². The molecular weight excluding hydrogens is 210 g/mol. The van der Waals surface area contributed by atoms with Crippen LogP contribution in [0.1, 0.15) is 26.7 Å². The Kier molecular flexibility index (Phi) is 5.93. The van der Waals surface area contributed by atoms with Crippen molar-refractivity contribution < 1.29 is 9.22 Å². The molecule has 0 saturated carbocycles. The lowest BCUT2D eigenvalue weighted by atomic mass is 10.0. The number of likely N-dealkylation sites (N-methyl/N-ethyl adjacent to an activating group) is 1. The molecule has 0 bridgehead atoms. The standard InChI is InChI=1S/C15H28NO/c1-5-14(2)6-7-15(3)8-9-16(4)10-12-17-13-11-16/h5,8,14H,1,6-7,9-13H2,2-4H3/q+1/b15-8+. The second kappa shape index (κ2) is 6.97. The minimum absolute atomic E-state index is 0.631. The molecule has 1 fully saturated rings. The van der Waals surface area contributed by atoms with Crippen molar-refractivity contribution in [1.29, 1.82) is 0 Å². The summed E-state index contributed by atoms with van der Waals surface area (Å²) in [6.45, 7) is 13.6. The highest BCUT2D eigenvalue weighted by Crippen LogP contribution is 2.14. The number of allylic oxidation sites excluding steroid dienone is 2. The summed E-state index contributed by atoms with van der Waals surface area (Å²) in [6.07, 6.45) is 6.88. The van der Waals surface area contributed by atoms with Gasteiger partial charge in [0.1, 0.15) is 13.1 Å². The van der Waals surface area contributed by atoms with E-state index in [1.165, 1.54) is 18.4 Å². The average Bonchev–Trinajstić information content (AvgIpc) is 2.34. The van der Waals surface area contributed by atoms with E-state index in [1.807, 2.05) is 6.08 Å². The van der Waals surface area contributed by atoms with Gasteiger partial charge in [-0.05, 0) is 31.8 Å². The van der Waals surface area contributed by atoms with E-state index in [4.69, 9.17) is 4.74 Å². The predicted molar refractivity (Wildman–Crippen MR) is 74.0 cm³/mol. The molecule has 0 aromatic carbocycles. The van der Waals surface area contributed by atoms with Crippen LogP contribution in [0.25, 0.3) is 0 Å². The first kappa shape index (κ1) is 14.5. The lowest BCUT2D eigenvalue weighted by Gasteiger charge is -2.36. The average molecular weight is 238 g/mol. The monoisotopic (exact) mass is 238 g/mol. The molecule has 0 aromatic heterocycles. The van der Waals surface area contributed by atoms with Crippen LogP contribution in [-0.4, -0.2) is 44.4 Å². The van der Waals surface area contributed by atoms with Crippen molar-refractivity contribution in [3.8, 4) is 0 Å². The molecule has 0 aromatic rings. The van der Waals surface area contributed by atoms with Crippen molar-refractivity contribution in [2.24, 2.45) is 5.92 Å². The molecule has 1 heterocycles. The molecule has 0 amide bonds. The number of nitrogens with zero attached hydrogens (tertiary/aromatic N) is 1. The normalized spacial score (nSPS) is 22.2. The summed E-state index contributed by atoms with van der Waals surface area (Å²) in [5.41, 5.74) is 1.52. The van der Waals surface area contributed by atoms with E-state index in [1.54, 1.807) is 0 Å². The maximum atomic E-state index is 5.42. The van der Waals surface area contributed by atoms with Gasteiger partial charge in [0.05, 0.1) is 26.8 Å². The van der Waals surface area contributed by atoms with E-state index >= 15 is 0 Å². The fourth-order valence-electron chi connectivity index (χ4n) is 2.02. The van der Waals surface area contributed by atoms with E-state index in [0.717, 1.165) is 37.3 Å². The van der Waals surface area contributed by atoms with Gasteiger partial charge in [-0.3, -0.25) is 0 Å². The van der Waals surface area contributed by atoms with Crippen LogP contribution in [0.15, 0.2) is 24.3 Å². The maximum Gasteiger partial charge on any atom is 0.102 e. The van der Waals surface area contributed by atoms with Crippen LogP contribution in [0.3, 0.4) is 0 Å². The number of quaternary nitrogens is 1. The molecule has 2 nitrogen and oxygen atoms in total. The van der Waals surface area contributed by atoms with Crippen molar-refractivity contribution >= 4 is 0 Å². The number of ether oxygens (including phenoxy) is 1. The molecule has 0 N–H and O–H groups in total. The van der Waals surface area contributed by atoms with E-state index in [9.17, 15) is 0 Å². The molecule has 1 rings (SSSR count). The molecule has 0 aliphatic carbocycles. The first-order valence-electron chi connectivity index (χ1n) is 6.75. The van der Waals surface area contributed by atoms with Crippen LogP contribution in [0.2, 0.25) is 0 Å². The minimum Gasteiger partial charge on any atom is -0.370 e. The lowest BCUT2D eigenvalue weighted by Crippen LogP contribution is -2.51. The van der Waals surface area contributed by atoms with Crippen LogP contribution >= 0.6 is 0 Å². The molecule has 0 radical (unpaired) electrons. The number of hydrogen-bond acceptors (Lipinski definition) is 1. The number of morpholine rings is 1. The van der Waals surface area contributed by atoms with Gasteiger partial charge < -0.3 is 9.22 Å². The molecule has 17 heavy (non-hydrogen) atoms. The third kappa shape index (κ3) is 5.51. The van der Waals surface area contributed by atoms with Crippen molar-refractivity contribution in [2.75, 3.05) is 39.9 Å². The molecule has 1 aliphatic rings. The van der Waals surface area contributed by atoms with Gasteiger partial charge in [0.15, 0.2) is 0 Å². The minimum atomic E-state index is 0.631. The summed E-state index contributed by atoms with van der Waals surface area (Å²) in [4.78, 5) is 0. The Bertz CT molecular complexity index is 264. The van der Waals surface area contributed by atoms with Crippen LogP contribution < -0.4 is 0 Å². The first-order chi connectivity index (χ1) is 8.06. The van der Waals surface area contributed by atoms with E-state index in [2.05, 4.69) is 33.6 Å². The Morgan fingerprint density at radius 3 is 2.65 bits per heavy atom. The Morgan fingerprint density at radius 1 is 1.41 bits per heavy atom. The van der Waals surface area contributed by atoms with Gasteiger partial charge in [0.25, 0.3) is 0 Å². The summed E-state index contributed by atoms with van der Waals surface area (Å²) in [7, 11) is 2.33. The molecule has 1 saturated heterocycles. The first-order valence-corrected chi connectivity index (χ1v) is 6.75.